The average Bonchev–Trinajstić information content (AvgIpc) is 2.52. The van der Waals surface area contributed by atoms with Gasteiger partial charge < -0.3 is 10.2 Å². The van der Waals surface area contributed by atoms with Gasteiger partial charge in [0, 0.05) is 31.3 Å². The average molecular weight is 324 g/mol. The van der Waals surface area contributed by atoms with Crippen LogP contribution in [0.1, 0.15) is 30.0 Å². The van der Waals surface area contributed by atoms with Crippen LogP contribution < -0.4 is 10.2 Å². The van der Waals surface area contributed by atoms with Crippen LogP contribution in [0.25, 0.3) is 0 Å². The Morgan fingerprint density at radius 3 is 2.21 bits per heavy atom. The van der Waals surface area contributed by atoms with E-state index in [1.165, 1.54) is 12.5 Å². The van der Waals surface area contributed by atoms with E-state index >= 15 is 0 Å². The van der Waals surface area contributed by atoms with E-state index in [4.69, 9.17) is 0 Å². The Labute approximate surface area is 143 Å². The van der Waals surface area contributed by atoms with Crippen LogP contribution in [0.4, 0.5) is 11.4 Å². The van der Waals surface area contributed by atoms with Crippen molar-refractivity contribution in [3.05, 3.63) is 59.2 Å². The molecule has 1 N–H and O–H groups in total. The number of nitrogens with one attached hydrogen (secondary N) is 1. The molecule has 0 heterocycles. The van der Waals surface area contributed by atoms with Gasteiger partial charge in [0.25, 0.3) is 0 Å². The summed E-state index contributed by atoms with van der Waals surface area (Å²) in [5.41, 5.74) is 5.06. The molecule has 0 radical (unpaired) electrons. The molecule has 2 amide bonds. The van der Waals surface area contributed by atoms with E-state index in [1.807, 2.05) is 63.2 Å². The van der Waals surface area contributed by atoms with Crippen molar-refractivity contribution in [3.63, 3.8) is 0 Å². The lowest BCUT2D eigenvalue weighted by Crippen LogP contribution is -2.31. The summed E-state index contributed by atoms with van der Waals surface area (Å²) in [6.45, 7) is 7.92. The summed E-state index contributed by atoms with van der Waals surface area (Å²) >= 11 is 0. The molecule has 2 rings (SSSR count). The van der Waals surface area contributed by atoms with E-state index in [9.17, 15) is 9.59 Å². The van der Waals surface area contributed by atoms with Crippen LogP contribution in [0, 0.1) is 20.8 Å². The topological polar surface area (TPSA) is 49.4 Å². The minimum atomic E-state index is -0.100. The quantitative estimate of drug-likeness (QED) is 0.904. The first kappa shape index (κ1) is 17.7. The molecule has 0 aliphatic carbocycles. The lowest BCUT2D eigenvalue weighted by Gasteiger charge is -2.21. The van der Waals surface area contributed by atoms with Gasteiger partial charge in [0.15, 0.2) is 0 Å². The molecule has 0 saturated carbocycles. The van der Waals surface area contributed by atoms with E-state index in [0.29, 0.717) is 6.54 Å². The summed E-state index contributed by atoms with van der Waals surface area (Å²) in [6.07, 6.45) is 0.250. The summed E-state index contributed by atoms with van der Waals surface area (Å²) in [5, 5.41) is 2.89. The lowest BCUT2D eigenvalue weighted by atomic mass is 10.1. The largest absolute Gasteiger partial charge is 0.326 e. The number of hydrogen-bond donors (Lipinski definition) is 1. The Kier molecular flexibility index (Phi) is 5.74. The van der Waals surface area contributed by atoms with Crippen molar-refractivity contribution in [3.8, 4) is 0 Å². The van der Waals surface area contributed by atoms with Crippen LogP contribution in [-0.2, 0) is 9.59 Å². The van der Waals surface area contributed by atoms with E-state index in [-0.39, 0.29) is 18.2 Å². The molecule has 0 aliphatic heterocycles. The first-order valence-corrected chi connectivity index (χ1v) is 8.08. The summed E-state index contributed by atoms with van der Waals surface area (Å²) in [5.74, 6) is -0.172. The van der Waals surface area contributed by atoms with Gasteiger partial charge in [-0.05, 0) is 56.2 Å². The van der Waals surface area contributed by atoms with Gasteiger partial charge in [-0.1, -0.05) is 23.8 Å². The predicted octanol–water partition coefficient (Wildman–Crippen LogP) is 3.99. The molecule has 126 valence electrons. The molecule has 0 aliphatic rings. The highest BCUT2D eigenvalue weighted by Gasteiger charge is 2.13. The standard InChI is InChI=1S/C20H24N2O2/c1-14-5-9-19(10-6-14)22(17(4)23)12-11-20(24)21-18-8-7-15(2)16(3)13-18/h5-10,13H,11-12H2,1-4H3,(H,21,24). The zero-order valence-electron chi connectivity index (χ0n) is 14.7. The van der Waals surface area contributed by atoms with Crippen molar-refractivity contribution in [2.24, 2.45) is 0 Å². The zero-order chi connectivity index (χ0) is 17.7. The monoisotopic (exact) mass is 324 g/mol. The van der Waals surface area contributed by atoms with E-state index in [0.717, 1.165) is 22.5 Å². The second kappa shape index (κ2) is 7.77. The number of benzene rings is 2. The third kappa shape index (κ3) is 4.69. The van der Waals surface area contributed by atoms with Gasteiger partial charge >= 0.3 is 0 Å². The highest BCUT2D eigenvalue weighted by Crippen LogP contribution is 2.17. The van der Waals surface area contributed by atoms with Gasteiger partial charge in [0.05, 0.1) is 0 Å². The third-order valence-corrected chi connectivity index (χ3v) is 4.08. The van der Waals surface area contributed by atoms with Crippen LogP contribution in [0.3, 0.4) is 0 Å². The molecule has 4 nitrogen and oxygen atoms in total. The van der Waals surface area contributed by atoms with Crippen molar-refractivity contribution in [1.29, 1.82) is 0 Å². The molecule has 0 saturated heterocycles. The van der Waals surface area contributed by atoms with Crippen LogP contribution >= 0.6 is 0 Å². The smallest absolute Gasteiger partial charge is 0.226 e. The van der Waals surface area contributed by atoms with Crippen molar-refractivity contribution >= 4 is 23.2 Å². The molecule has 2 aromatic rings. The lowest BCUT2D eigenvalue weighted by molar-refractivity contribution is -0.117. The van der Waals surface area contributed by atoms with Crippen molar-refractivity contribution in [2.75, 3.05) is 16.8 Å². The molecule has 4 heteroatoms. The van der Waals surface area contributed by atoms with E-state index in [2.05, 4.69) is 5.32 Å². The Morgan fingerprint density at radius 1 is 0.958 bits per heavy atom. The first-order chi connectivity index (χ1) is 11.4. The number of rotatable bonds is 5. The molecular weight excluding hydrogens is 300 g/mol. The fraction of sp³-hybridized carbons (Fsp3) is 0.300. The van der Waals surface area contributed by atoms with E-state index < -0.39 is 0 Å². The number of aryl methyl sites for hydroxylation is 3. The molecule has 2 aromatic carbocycles. The Hall–Kier alpha value is -2.62. The third-order valence-electron chi connectivity index (χ3n) is 4.08. The first-order valence-electron chi connectivity index (χ1n) is 8.08. The van der Waals surface area contributed by atoms with Gasteiger partial charge in [-0.15, -0.1) is 0 Å². The highest BCUT2D eigenvalue weighted by atomic mass is 16.2. The molecule has 0 fully saturated rings. The van der Waals surface area contributed by atoms with Crippen molar-refractivity contribution in [2.45, 2.75) is 34.1 Å². The maximum atomic E-state index is 12.2. The maximum absolute atomic E-state index is 12.2. The molecule has 0 bridgehead atoms. The fourth-order valence-electron chi connectivity index (χ4n) is 2.45. The molecule has 0 spiro atoms. The minimum Gasteiger partial charge on any atom is -0.326 e. The Morgan fingerprint density at radius 2 is 1.62 bits per heavy atom. The van der Waals surface area contributed by atoms with Gasteiger partial charge in [-0.2, -0.15) is 0 Å². The molecule has 0 atom stereocenters. The van der Waals surface area contributed by atoms with Crippen molar-refractivity contribution in [1.82, 2.24) is 0 Å². The number of nitrogens with zero attached hydrogens (tertiary/aromatic N) is 1. The number of anilines is 2. The number of carbonyl (C=O) groups is 2. The maximum Gasteiger partial charge on any atom is 0.226 e. The molecule has 0 aromatic heterocycles. The SMILES string of the molecule is CC(=O)N(CCC(=O)Nc1ccc(C)c(C)c1)c1ccc(C)cc1. The number of amides is 2. The van der Waals surface area contributed by atoms with Crippen LogP contribution in [0.15, 0.2) is 42.5 Å². The fourth-order valence-corrected chi connectivity index (χ4v) is 2.45. The molecular formula is C20H24N2O2. The number of hydrogen-bond acceptors (Lipinski definition) is 2. The van der Waals surface area contributed by atoms with E-state index in [1.54, 1.807) is 4.90 Å². The van der Waals surface area contributed by atoms with Crippen LogP contribution in [0.2, 0.25) is 0 Å². The summed E-state index contributed by atoms with van der Waals surface area (Å²) in [6, 6.07) is 13.6. The van der Waals surface area contributed by atoms with Crippen LogP contribution in [-0.4, -0.2) is 18.4 Å². The summed E-state index contributed by atoms with van der Waals surface area (Å²) in [4.78, 5) is 25.7. The van der Waals surface area contributed by atoms with Crippen molar-refractivity contribution < 1.29 is 9.59 Å². The van der Waals surface area contributed by atoms with Gasteiger partial charge in [-0.25, -0.2) is 0 Å². The van der Waals surface area contributed by atoms with Gasteiger partial charge in [-0.3, -0.25) is 9.59 Å². The predicted molar refractivity (Wildman–Crippen MR) is 98.4 cm³/mol. The second-order valence-electron chi connectivity index (χ2n) is 6.10. The normalized spacial score (nSPS) is 10.3. The van der Waals surface area contributed by atoms with Gasteiger partial charge in [0.2, 0.25) is 11.8 Å². The summed E-state index contributed by atoms with van der Waals surface area (Å²) < 4.78 is 0. The zero-order valence-corrected chi connectivity index (χ0v) is 14.7. The molecule has 24 heavy (non-hydrogen) atoms. The minimum absolute atomic E-state index is 0.0715. The Bertz CT molecular complexity index is 736. The molecule has 0 unspecified atom stereocenters. The van der Waals surface area contributed by atoms with Gasteiger partial charge in [0.1, 0.15) is 0 Å². The summed E-state index contributed by atoms with van der Waals surface area (Å²) in [7, 11) is 0. The highest BCUT2D eigenvalue weighted by molar-refractivity contribution is 5.94. The number of carbonyl (C=O) groups excluding carboxylic acids is 2. The van der Waals surface area contributed by atoms with Crippen LogP contribution in [0.5, 0.6) is 0 Å². The second-order valence-corrected chi connectivity index (χ2v) is 6.10. The Balaban J connectivity index is 1.98.